The summed E-state index contributed by atoms with van der Waals surface area (Å²) in [6.07, 6.45) is 9.01. The number of nitrogens with zero attached hydrogens (tertiary/aromatic N) is 4. The van der Waals surface area contributed by atoms with Crippen molar-refractivity contribution in [1.82, 2.24) is 24.8 Å². The van der Waals surface area contributed by atoms with Gasteiger partial charge in [-0.15, -0.1) is 0 Å². The van der Waals surface area contributed by atoms with Crippen LogP contribution in [-0.2, 0) is 13.0 Å². The Morgan fingerprint density at radius 1 is 1.11 bits per heavy atom. The fourth-order valence-corrected chi connectivity index (χ4v) is 4.12. The van der Waals surface area contributed by atoms with Gasteiger partial charge in [0, 0.05) is 48.7 Å². The maximum atomic E-state index is 5.60. The molecular formula is C22H25N5O. The zero-order chi connectivity index (χ0) is 18.9. The van der Waals surface area contributed by atoms with Gasteiger partial charge in [-0.05, 0) is 62.2 Å². The molecule has 6 nitrogen and oxygen atoms in total. The molecule has 1 N–H and O–H groups in total. The Morgan fingerprint density at radius 2 is 1.93 bits per heavy atom. The normalized spacial score (nSPS) is 17.5. The maximum absolute atomic E-state index is 5.60. The van der Waals surface area contributed by atoms with Crippen molar-refractivity contribution >= 4 is 0 Å². The first kappa shape index (κ1) is 17.4. The van der Waals surface area contributed by atoms with Gasteiger partial charge in [0.1, 0.15) is 17.4 Å². The van der Waals surface area contributed by atoms with Gasteiger partial charge in [-0.25, -0.2) is 15.0 Å². The number of aromatic amines is 1. The number of imidazole rings is 1. The second-order valence-electron chi connectivity index (χ2n) is 7.85. The predicted molar refractivity (Wildman–Crippen MR) is 107 cm³/mol. The Kier molecular flexibility index (Phi) is 4.56. The Balaban J connectivity index is 1.20. The van der Waals surface area contributed by atoms with E-state index in [4.69, 9.17) is 4.74 Å². The van der Waals surface area contributed by atoms with Crippen LogP contribution in [0, 0.1) is 6.92 Å². The minimum Gasteiger partial charge on any atom is -0.493 e. The van der Waals surface area contributed by atoms with Crippen LogP contribution in [0.4, 0.5) is 0 Å². The summed E-state index contributed by atoms with van der Waals surface area (Å²) < 4.78 is 5.60. The molecule has 0 spiro atoms. The topological polar surface area (TPSA) is 66.9 Å². The molecule has 2 aromatic heterocycles. The molecule has 0 radical (unpaired) electrons. The number of hydrogen-bond acceptors (Lipinski definition) is 5. The van der Waals surface area contributed by atoms with Crippen LogP contribution in [0.3, 0.4) is 0 Å². The van der Waals surface area contributed by atoms with E-state index in [1.165, 1.54) is 5.56 Å². The highest BCUT2D eigenvalue weighted by atomic mass is 16.5. The molecule has 0 unspecified atom stereocenters. The van der Waals surface area contributed by atoms with Gasteiger partial charge in [-0.1, -0.05) is 0 Å². The lowest BCUT2D eigenvalue weighted by atomic mass is 9.96. The number of fused-ring (bicyclic) bond motifs is 1. The van der Waals surface area contributed by atoms with Crippen molar-refractivity contribution in [1.29, 1.82) is 0 Å². The minimum atomic E-state index is 0.475. The summed E-state index contributed by atoms with van der Waals surface area (Å²) in [4.78, 5) is 19.6. The number of hydrogen-bond donors (Lipinski definition) is 1. The van der Waals surface area contributed by atoms with Crippen molar-refractivity contribution in [2.24, 2.45) is 0 Å². The standard InChI is InChI=1S/C22H25N5O/c1-15-11-23-21(24-12-15)16-4-7-27(8-5-16)14-19-13-25-22(26-19)18-2-3-20-17(10-18)6-9-28-20/h2-3,10-13,16H,4-9,14H2,1H3,(H,25,26). The lowest BCUT2D eigenvalue weighted by Crippen LogP contribution is -2.33. The van der Waals surface area contributed by atoms with E-state index >= 15 is 0 Å². The van der Waals surface area contributed by atoms with Gasteiger partial charge in [0.25, 0.3) is 0 Å². The zero-order valence-corrected chi connectivity index (χ0v) is 16.2. The highest BCUT2D eigenvalue weighted by Gasteiger charge is 2.23. The van der Waals surface area contributed by atoms with Crippen molar-refractivity contribution in [3.63, 3.8) is 0 Å². The number of piperidine rings is 1. The molecule has 0 atom stereocenters. The summed E-state index contributed by atoms with van der Waals surface area (Å²) in [5.74, 6) is 3.42. The molecule has 1 saturated heterocycles. The monoisotopic (exact) mass is 375 g/mol. The fraction of sp³-hybridized carbons (Fsp3) is 0.409. The molecule has 0 bridgehead atoms. The number of likely N-dealkylation sites (tertiary alicyclic amines) is 1. The van der Waals surface area contributed by atoms with Gasteiger partial charge in [0.2, 0.25) is 0 Å². The third-order valence-electron chi connectivity index (χ3n) is 5.74. The lowest BCUT2D eigenvalue weighted by Gasteiger charge is -2.30. The van der Waals surface area contributed by atoms with Crippen molar-refractivity contribution < 1.29 is 4.74 Å². The number of benzene rings is 1. The second-order valence-corrected chi connectivity index (χ2v) is 7.85. The maximum Gasteiger partial charge on any atom is 0.137 e. The molecule has 2 aliphatic rings. The third-order valence-corrected chi connectivity index (χ3v) is 5.74. The van der Waals surface area contributed by atoms with Gasteiger partial charge >= 0.3 is 0 Å². The number of aryl methyl sites for hydroxylation is 1. The van der Waals surface area contributed by atoms with Crippen molar-refractivity contribution in [3.8, 4) is 17.1 Å². The van der Waals surface area contributed by atoms with Crippen LogP contribution in [-0.4, -0.2) is 44.5 Å². The Labute approximate surface area is 165 Å². The second kappa shape index (κ2) is 7.36. The number of ether oxygens (including phenoxy) is 1. The van der Waals surface area contributed by atoms with Crippen LogP contribution in [0.1, 0.15) is 41.4 Å². The summed E-state index contributed by atoms with van der Waals surface area (Å²) in [5.41, 5.74) is 4.69. The van der Waals surface area contributed by atoms with Crippen LogP contribution in [0.5, 0.6) is 5.75 Å². The molecule has 1 aromatic carbocycles. The quantitative estimate of drug-likeness (QED) is 0.756. The molecule has 1 fully saturated rings. The Bertz CT molecular complexity index is 957. The summed E-state index contributed by atoms with van der Waals surface area (Å²) in [6.45, 7) is 5.84. The van der Waals surface area contributed by atoms with E-state index in [1.807, 2.05) is 25.5 Å². The Hall–Kier alpha value is -2.73. The summed E-state index contributed by atoms with van der Waals surface area (Å²) in [7, 11) is 0. The highest BCUT2D eigenvalue weighted by molar-refractivity contribution is 5.59. The highest BCUT2D eigenvalue weighted by Crippen LogP contribution is 2.30. The third kappa shape index (κ3) is 3.52. The predicted octanol–water partition coefficient (Wildman–Crippen LogP) is 3.49. The van der Waals surface area contributed by atoms with Crippen molar-refractivity contribution in [2.45, 2.75) is 38.6 Å². The molecule has 144 valence electrons. The number of H-pyrrole nitrogens is 1. The molecule has 28 heavy (non-hydrogen) atoms. The van der Waals surface area contributed by atoms with Crippen molar-refractivity contribution in [2.75, 3.05) is 19.7 Å². The van der Waals surface area contributed by atoms with Crippen LogP contribution < -0.4 is 4.74 Å². The zero-order valence-electron chi connectivity index (χ0n) is 16.2. The van der Waals surface area contributed by atoms with Crippen LogP contribution in [0.25, 0.3) is 11.4 Å². The average Bonchev–Trinajstić information content (AvgIpc) is 3.38. The van der Waals surface area contributed by atoms with Gasteiger partial charge in [-0.3, -0.25) is 4.90 Å². The molecule has 4 heterocycles. The molecule has 0 saturated carbocycles. The number of nitrogens with one attached hydrogen (secondary N) is 1. The van der Waals surface area contributed by atoms with E-state index in [0.29, 0.717) is 5.92 Å². The van der Waals surface area contributed by atoms with E-state index in [9.17, 15) is 0 Å². The lowest BCUT2D eigenvalue weighted by molar-refractivity contribution is 0.200. The van der Waals surface area contributed by atoms with Gasteiger partial charge < -0.3 is 9.72 Å². The Morgan fingerprint density at radius 3 is 2.75 bits per heavy atom. The van der Waals surface area contributed by atoms with Gasteiger partial charge in [-0.2, -0.15) is 0 Å². The largest absolute Gasteiger partial charge is 0.493 e. The minimum absolute atomic E-state index is 0.475. The van der Waals surface area contributed by atoms with Crippen LogP contribution >= 0.6 is 0 Å². The first-order valence-corrected chi connectivity index (χ1v) is 10.1. The van der Waals surface area contributed by atoms with E-state index in [-0.39, 0.29) is 0 Å². The molecule has 0 amide bonds. The molecule has 0 aliphatic carbocycles. The first-order valence-electron chi connectivity index (χ1n) is 10.1. The molecule has 6 heteroatoms. The van der Waals surface area contributed by atoms with E-state index < -0.39 is 0 Å². The number of aromatic nitrogens is 4. The molecular weight excluding hydrogens is 350 g/mol. The molecule has 5 rings (SSSR count). The van der Waals surface area contributed by atoms with E-state index in [0.717, 1.165) is 79.7 Å². The average molecular weight is 375 g/mol. The fourth-order valence-electron chi connectivity index (χ4n) is 4.12. The SMILES string of the molecule is Cc1cnc(C2CCN(Cc3cnc(-c4ccc5c(c4)CCO5)[nH]3)CC2)nc1. The smallest absolute Gasteiger partial charge is 0.137 e. The molecule has 3 aromatic rings. The van der Waals surface area contributed by atoms with Gasteiger partial charge in [0.15, 0.2) is 0 Å². The number of rotatable bonds is 4. The summed E-state index contributed by atoms with van der Waals surface area (Å²) in [5, 5.41) is 0. The van der Waals surface area contributed by atoms with Gasteiger partial charge in [0.05, 0.1) is 6.61 Å². The first-order chi connectivity index (χ1) is 13.7. The van der Waals surface area contributed by atoms with Crippen LogP contribution in [0.15, 0.2) is 36.8 Å². The summed E-state index contributed by atoms with van der Waals surface area (Å²) >= 11 is 0. The van der Waals surface area contributed by atoms with E-state index in [2.05, 4.69) is 43.0 Å². The van der Waals surface area contributed by atoms with Crippen LogP contribution in [0.2, 0.25) is 0 Å². The van der Waals surface area contributed by atoms with Crippen molar-refractivity contribution in [3.05, 3.63) is 59.4 Å². The van der Waals surface area contributed by atoms with E-state index in [1.54, 1.807) is 0 Å². The molecule has 2 aliphatic heterocycles. The summed E-state index contributed by atoms with van der Waals surface area (Å²) in [6, 6.07) is 6.33.